The van der Waals surface area contributed by atoms with Crippen LogP contribution in [0.4, 0.5) is 10.1 Å². The van der Waals surface area contributed by atoms with E-state index in [2.05, 4.69) is 4.72 Å². The molecule has 0 aliphatic carbocycles. The quantitative estimate of drug-likeness (QED) is 0.888. The molecule has 0 aliphatic heterocycles. The summed E-state index contributed by atoms with van der Waals surface area (Å²) >= 11 is 11.7. The topological polar surface area (TPSA) is 66.4 Å². The third-order valence-electron chi connectivity index (χ3n) is 2.66. The van der Waals surface area contributed by atoms with Crippen molar-refractivity contribution >= 4 is 38.9 Å². The molecule has 0 saturated heterocycles. The molecule has 8 heteroatoms. The summed E-state index contributed by atoms with van der Waals surface area (Å²) in [6, 6.07) is 7.80. The van der Waals surface area contributed by atoms with Gasteiger partial charge in [0.05, 0.1) is 17.3 Å². The zero-order valence-electron chi connectivity index (χ0n) is 10.5. The van der Waals surface area contributed by atoms with Crippen molar-refractivity contribution in [1.82, 2.24) is 0 Å². The van der Waals surface area contributed by atoms with Crippen LogP contribution in [0.5, 0.6) is 0 Å². The molecule has 0 saturated carbocycles. The highest BCUT2D eigenvalue weighted by molar-refractivity contribution is 7.92. The molecule has 2 N–H and O–H groups in total. The van der Waals surface area contributed by atoms with E-state index in [4.69, 9.17) is 28.3 Å². The van der Waals surface area contributed by atoms with Crippen molar-refractivity contribution < 1.29 is 17.9 Å². The van der Waals surface area contributed by atoms with Gasteiger partial charge in [-0.15, -0.1) is 0 Å². The second kappa shape index (κ2) is 6.19. The largest absolute Gasteiger partial charge is 0.392 e. The first-order chi connectivity index (χ1) is 9.85. The Morgan fingerprint density at radius 1 is 1.19 bits per heavy atom. The summed E-state index contributed by atoms with van der Waals surface area (Å²) < 4.78 is 40.2. The molecule has 2 aromatic carbocycles. The standard InChI is InChI=1S/C13H10Cl2FNO3S/c14-9-5-8(7-18)13(15)12(6-9)21(19,20)17-11-4-2-1-3-10(11)16/h1-6,17-18H,7H2. The molecule has 4 nitrogen and oxygen atoms in total. The average Bonchev–Trinajstić information content (AvgIpc) is 2.43. The van der Waals surface area contributed by atoms with E-state index in [1.807, 2.05) is 0 Å². The lowest BCUT2D eigenvalue weighted by Gasteiger charge is -2.12. The van der Waals surface area contributed by atoms with E-state index >= 15 is 0 Å². The number of hydrogen-bond acceptors (Lipinski definition) is 3. The Morgan fingerprint density at radius 3 is 2.48 bits per heavy atom. The van der Waals surface area contributed by atoms with E-state index in [1.165, 1.54) is 24.3 Å². The fourth-order valence-electron chi connectivity index (χ4n) is 1.67. The number of halogens is 3. The number of aliphatic hydroxyl groups excluding tert-OH is 1. The molecule has 2 rings (SSSR count). The Morgan fingerprint density at radius 2 is 1.86 bits per heavy atom. The maximum Gasteiger partial charge on any atom is 0.263 e. The van der Waals surface area contributed by atoms with Gasteiger partial charge in [0, 0.05) is 5.02 Å². The van der Waals surface area contributed by atoms with Gasteiger partial charge in [-0.1, -0.05) is 35.3 Å². The van der Waals surface area contributed by atoms with Gasteiger partial charge in [0.15, 0.2) is 0 Å². The number of rotatable bonds is 4. The summed E-state index contributed by atoms with van der Waals surface area (Å²) in [5.74, 6) is -0.721. The third-order valence-corrected chi connectivity index (χ3v) is 4.82. The monoisotopic (exact) mass is 349 g/mol. The van der Waals surface area contributed by atoms with Gasteiger partial charge in [0.1, 0.15) is 10.7 Å². The molecule has 21 heavy (non-hydrogen) atoms. The molecule has 0 bridgehead atoms. The van der Waals surface area contributed by atoms with E-state index in [-0.39, 0.29) is 26.2 Å². The number of para-hydroxylation sites is 1. The van der Waals surface area contributed by atoms with Gasteiger partial charge < -0.3 is 5.11 Å². The van der Waals surface area contributed by atoms with Crippen LogP contribution in [-0.4, -0.2) is 13.5 Å². The number of aliphatic hydroxyl groups is 1. The minimum absolute atomic E-state index is 0.0948. The predicted octanol–water partition coefficient (Wildman–Crippen LogP) is 3.43. The molecule has 0 amide bonds. The van der Waals surface area contributed by atoms with Crippen molar-refractivity contribution in [3.63, 3.8) is 0 Å². The summed E-state index contributed by atoms with van der Waals surface area (Å²) in [4.78, 5) is -0.330. The SMILES string of the molecule is O=S(=O)(Nc1ccccc1F)c1cc(Cl)cc(CO)c1Cl. The second-order valence-electron chi connectivity index (χ2n) is 4.12. The predicted molar refractivity (Wildman–Crippen MR) is 79.6 cm³/mol. The molecule has 2 aromatic rings. The van der Waals surface area contributed by atoms with Crippen LogP contribution < -0.4 is 4.72 Å². The first-order valence-corrected chi connectivity index (χ1v) is 7.95. The van der Waals surface area contributed by atoms with E-state index < -0.39 is 22.4 Å². The maximum absolute atomic E-state index is 13.5. The lowest BCUT2D eigenvalue weighted by atomic mass is 10.2. The van der Waals surface area contributed by atoms with Crippen LogP contribution in [-0.2, 0) is 16.6 Å². The summed E-state index contributed by atoms with van der Waals surface area (Å²) in [6.45, 7) is -0.471. The van der Waals surface area contributed by atoms with Crippen LogP contribution in [0.2, 0.25) is 10.0 Å². The van der Waals surface area contributed by atoms with Gasteiger partial charge in [-0.25, -0.2) is 12.8 Å². The van der Waals surface area contributed by atoms with E-state index in [0.717, 1.165) is 12.1 Å². The lowest BCUT2D eigenvalue weighted by molar-refractivity contribution is 0.281. The molecule has 0 radical (unpaired) electrons. The van der Waals surface area contributed by atoms with Crippen LogP contribution in [0.15, 0.2) is 41.3 Å². The summed E-state index contributed by atoms with van der Waals surface area (Å²) in [6.07, 6.45) is 0. The molecule has 0 spiro atoms. The van der Waals surface area contributed by atoms with Crippen molar-refractivity contribution in [1.29, 1.82) is 0 Å². The lowest BCUT2D eigenvalue weighted by Crippen LogP contribution is -2.15. The number of hydrogen-bond donors (Lipinski definition) is 2. The highest BCUT2D eigenvalue weighted by Crippen LogP contribution is 2.31. The Balaban J connectivity index is 2.50. The van der Waals surface area contributed by atoms with Gasteiger partial charge >= 0.3 is 0 Å². The second-order valence-corrected chi connectivity index (χ2v) is 6.59. The minimum atomic E-state index is -4.14. The van der Waals surface area contributed by atoms with Crippen LogP contribution in [0.3, 0.4) is 0 Å². The molecule has 0 heterocycles. The van der Waals surface area contributed by atoms with Gasteiger partial charge in [-0.05, 0) is 29.8 Å². The van der Waals surface area contributed by atoms with Crippen LogP contribution in [0.1, 0.15) is 5.56 Å². The summed E-state index contributed by atoms with van der Waals surface area (Å²) in [5, 5.41) is 9.08. The van der Waals surface area contributed by atoms with Crippen molar-refractivity contribution in [2.45, 2.75) is 11.5 Å². The molecular weight excluding hydrogens is 340 g/mol. The Kier molecular flexibility index (Phi) is 4.73. The number of benzene rings is 2. The molecule has 0 atom stereocenters. The van der Waals surface area contributed by atoms with Gasteiger partial charge in [-0.3, -0.25) is 4.72 Å². The van der Waals surface area contributed by atoms with Crippen molar-refractivity contribution in [3.8, 4) is 0 Å². The van der Waals surface area contributed by atoms with Crippen molar-refractivity contribution in [2.75, 3.05) is 4.72 Å². The Hall–Kier alpha value is -1.34. The molecule has 0 unspecified atom stereocenters. The number of sulfonamides is 1. The van der Waals surface area contributed by atoms with Crippen molar-refractivity contribution in [2.24, 2.45) is 0 Å². The average molecular weight is 350 g/mol. The van der Waals surface area contributed by atoms with Gasteiger partial charge in [0.25, 0.3) is 10.0 Å². The van der Waals surface area contributed by atoms with Gasteiger partial charge in [-0.2, -0.15) is 0 Å². The normalized spacial score (nSPS) is 11.4. The highest BCUT2D eigenvalue weighted by Gasteiger charge is 2.22. The van der Waals surface area contributed by atoms with Crippen LogP contribution >= 0.6 is 23.2 Å². The fourth-order valence-corrected chi connectivity index (χ4v) is 3.67. The highest BCUT2D eigenvalue weighted by atomic mass is 35.5. The number of anilines is 1. The molecule has 0 aliphatic rings. The van der Waals surface area contributed by atoms with E-state index in [1.54, 1.807) is 0 Å². The van der Waals surface area contributed by atoms with Crippen LogP contribution in [0.25, 0.3) is 0 Å². The molecule has 0 fully saturated rings. The number of nitrogens with one attached hydrogen (secondary N) is 1. The molecular formula is C13H10Cl2FNO3S. The Bertz CT molecular complexity index is 781. The maximum atomic E-state index is 13.5. The zero-order valence-corrected chi connectivity index (χ0v) is 12.8. The summed E-state index contributed by atoms with van der Waals surface area (Å²) in [7, 11) is -4.14. The third kappa shape index (κ3) is 3.47. The molecule has 0 aromatic heterocycles. The Labute approximate surface area is 131 Å². The first-order valence-electron chi connectivity index (χ1n) is 5.71. The minimum Gasteiger partial charge on any atom is -0.392 e. The first kappa shape index (κ1) is 16.0. The van der Waals surface area contributed by atoms with E-state index in [0.29, 0.717) is 0 Å². The van der Waals surface area contributed by atoms with Crippen molar-refractivity contribution in [3.05, 3.63) is 57.8 Å². The zero-order chi connectivity index (χ0) is 15.6. The van der Waals surface area contributed by atoms with Crippen LogP contribution in [0, 0.1) is 5.82 Å². The smallest absolute Gasteiger partial charge is 0.263 e. The van der Waals surface area contributed by atoms with Gasteiger partial charge in [0.2, 0.25) is 0 Å². The fraction of sp³-hybridized carbons (Fsp3) is 0.0769. The van der Waals surface area contributed by atoms with E-state index in [9.17, 15) is 12.8 Å². The molecule has 112 valence electrons. The summed E-state index contributed by atoms with van der Waals surface area (Å²) in [5.41, 5.74) is -0.0443.